The second-order valence-corrected chi connectivity index (χ2v) is 10.3. The van der Waals surface area contributed by atoms with Gasteiger partial charge in [0.15, 0.2) is 0 Å². The fourth-order valence-electron chi connectivity index (χ4n) is 4.00. The van der Waals surface area contributed by atoms with Gasteiger partial charge in [0.05, 0.1) is 16.1 Å². The molecule has 1 heterocycles. The average Bonchev–Trinajstić information content (AvgIpc) is 3.00. The van der Waals surface area contributed by atoms with E-state index in [1.54, 1.807) is 48.5 Å². The number of pyridine rings is 1. The Morgan fingerprint density at radius 1 is 0.659 bits per heavy atom. The third-order valence-electron chi connectivity index (χ3n) is 6.22. The zero-order chi connectivity index (χ0) is 31.1. The molecule has 0 aliphatic rings. The summed E-state index contributed by atoms with van der Waals surface area (Å²) >= 11 is 11.7. The number of rotatable bonds is 10. The first-order chi connectivity index (χ1) is 21.2. The summed E-state index contributed by atoms with van der Waals surface area (Å²) in [5, 5.41) is 6.63. The number of carbonyl (C=O) groups excluding carboxylic acids is 2. The van der Waals surface area contributed by atoms with E-state index in [1.807, 2.05) is 18.2 Å². The van der Waals surface area contributed by atoms with Gasteiger partial charge in [-0.25, -0.2) is 23.4 Å². The smallest absolute Gasteiger partial charge is 0.343 e. The standard InChI is InChI=1S/C33H23Cl2F2N3O4/c34-24-14-26(37)16-27(15-24)43-32(41)22-8-4-20(5-9-22)18-38-30-2-1-3-31(40-30)39-19-21-6-10-23(11-7-21)33(42)44-29-13-12-25(36)17-28(29)35/h1-17H,18-19H2,(H2,38,39,40). The maximum Gasteiger partial charge on any atom is 0.343 e. The van der Waals surface area contributed by atoms with E-state index in [0.29, 0.717) is 35.9 Å². The highest BCUT2D eigenvalue weighted by molar-refractivity contribution is 6.32. The molecule has 0 saturated carbocycles. The number of hydrogen-bond donors (Lipinski definition) is 2. The van der Waals surface area contributed by atoms with Crippen molar-refractivity contribution in [1.82, 2.24) is 4.98 Å². The van der Waals surface area contributed by atoms with Gasteiger partial charge in [0.25, 0.3) is 0 Å². The number of ether oxygens (including phenoxy) is 2. The lowest BCUT2D eigenvalue weighted by atomic mass is 10.1. The van der Waals surface area contributed by atoms with E-state index in [-0.39, 0.29) is 21.5 Å². The summed E-state index contributed by atoms with van der Waals surface area (Å²) in [6.07, 6.45) is 0. The van der Waals surface area contributed by atoms with E-state index in [2.05, 4.69) is 15.6 Å². The first kappa shape index (κ1) is 30.5. The Kier molecular flexibility index (Phi) is 9.69. The third-order valence-corrected chi connectivity index (χ3v) is 6.73. The minimum atomic E-state index is -0.629. The van der Waals surface area contributed by atoms with Crippen LogP contribution in [-0.2, 0) is 13.1 Å². The molecule has 44 heavy (non-hydrogen) atoms. The monoisotopic (exact) mass is 633 g/mol. The Hall–Kier alpha value is -4.99. The van der Waals surface area contributed by atoms with E-state index < -0.39 is 23.6 Å². The number of esters is 2. The van der Waals surface area contributed by atoms with Crippen LogP contribution < -0.4 is 20.1 Å². The van der Waals surface area contributed by atoms with Crippen LogP contribution in [0.4, 0.5) is 20.4 Å². The molecule has 0 aliphatic carbocycles. The van der Waals surface area contributed by atoms with Crippen LogP contribution in [0, 0.1) is 11.6 Å². The second kappa shape index (κ2) is 14.0. The molecule has 0 fully saturated rings. The summed E-state index contributed by atoms with van der Waals surface area (Å²) in [6.45, 7) is 0.904. The van der Waals surface area contributed by atoms with Crippen LogP contribution in [0.3, 0.4) is 0 Å². The highest BCUT2D eigenvalue weighted by atomic mass is 35.5. The topological polar surface area (TPSA) is 89.6 Å². The summed E-state index contributed by atoms with van der Waals surface area (Å²) in [4.78, 5) is 29.4. The Bertz CT molecular complexity index is 1780. The summed E-state index contributed by atoms with van der Waals surface area (Å²) in [7, 11) is 0. The average molecular weight is 634 g/mol. The van der Waals surface area contributed by atoms with Crippen molar-refractivity contribution in [3.63, 3.8) is 0 Å². The summed E-state index contributed by atoms with van der Waals surface area (Å²) in [5.41, 5.74) is 2.43. The highest BCUT2D eigenvalue weighted by Gasteiger charge is 2.13. The number of hydrogen-bond acceptors (Lipinski definition) is 7. The SMILES string of the molecule is O=C(Oc1cc(F)cc(Cl)c1)c1ccc(CNc2cccc(NCc3ccc(C(=O)Oc4ccc(F)cc4Cl)cc3)n2)cc1. The van der Waals surface area contributed by atoms with Crippen LogP contribution in [0.1, 0.15) is 31.8 Å². The molecule has 0 unspecified atom stereocenters. The van der Waals surface area contributed by atoms with Crippen molar-refractivity contribution < 1.29 is 27.8 Å². The predicted molar refractivity (Wildman–Crippen MR) is 165 cm³/mol. The number of anilines is 2. The Labute approximate surface area is 261 Å². The Morgan fingerprint density at radius 3 is 1.77 bits per heavy atom. The number of nitrogens with zero attached hydrogens (tertiary/aromatic N) is 1. The lowest BCUT2D eigenvalue weighted by Crippen LogP contribution is -2.09. The van der Waals surface area contributed by atoms with Crippen molar-refractivity contribution in [2.24, 2.45) is 0 Å². The van der Waals surface area contributed by atoms with E-state index in [4.69, 9.17) is 32.7 Å². The van der Waals surface area contributed by atoms with Gasteiger partial charge in [-0.3, -0.25) is 0 Å². The molecule has 0 radical (unpaired) electrons. The van der Waals surface area contributed by atoms with Gasteiger partial charge in [0, 0.05) is 24.2 Å². The molecule has 4 aromatic carbocycles. The fraction of sp³-hybridized carbons (Fsp3) is 0.0606. The van der Waals surface area contributed by atoms with Crippen molar-refractivity contribution >= 4 is 46.8 Å². The van der Waals surface area contributed by atoms with Crippen LogP contribution in [0.2, 0.25) is 10.0 Å². The lowest BCUT2D eigenvalue weighted by Gasteiger charge is -2.11. The molecule has 0 bridgehead atoms. The number of halogens is 4. The van der Waals surface area contributed by atoms with Crippen molar-refractivity contribution in [1.29, 1.82) is 0 Å². The zero-order valence-corrected chi connectivity index (χ0v) is 24.3. The molecule has 7 nitrogen and oxygen atoms in total. The van der Waals surface area contributed by atoms with E-state index in [1.165, 1.54) is 12.1 Å². The number of nitrogens with one attached hydrogen (secondary N) is 2. The van der Waals surface area contributed by atoms with Gasteiger partial charge in [-0.05, 0) is 77.9 Å². The van der Waals surface area contributed by atoms with Crippen molar-refractivity contribution in [3.8, 4) is 11.5 Å². The summed E-state index contributed by atoms with van der Waals surface area (Å²) in [6, 6.07) is 26.2. The molecule has 0 amide bonds. The molecular formula is C33H23Cl2F2N3O4. The molecule has 5 rings (SSSR count). The molecule has 222 valence electrons. The fourth-order valence-corrected chi connectivity index (χ4v) is 4.42. The van der Waals surface area contributed by atoms with E-state index >= 15 is 0 Å². The second-order valence-electron chi connectivity index (χ2n) is 9.47. The number of aromatic nitrogens is 1. The molecule has 0 saturated heterocycles. The molecular weight excluding hydrogens is 611 g/mol. The summed E-state index contributed by atoms with van der Waals surface area (Å²) < 4.78 is 37.2. The van der Waals surface area contributed by atoms with Gasteiger partial charge in [-0.15, -0.1) is 0 Å². The molecule has 0 atom stereocenters. The van der Waals surface area contributed by atoms with Gasteiger partial charge in [-0.1, -0.05) is 53.5 Å². The first-order valence-electron chi connectivity index (χ1n) is 13.2. The van der Waals surface area contributed by atoms with Crippen LogP contribution in [0.25, 0.3) is 0 Å². The van der Waals surface area contributed by atoms with Crippen LogP contribution in [0.15, 0.2) is 103 Å². The molecule has 2 N–H and O–H groups in total. The summed E-state index contributed by atoms with van der Waals surface area (Å²) in [5.74, 6) is -0.980. The first-order valence-corrected chi connectivity index (χ1v) is 14.0. The Balaban J connectivity index is 1.11. The van der Waals surface area contributed by atoms with Crippen LogP contribution >= 0.6 is 23.2 Å². The minimum Gasteiger partial charge on any atom is -0.423 e. The van der Waals surface area contributed by atoms with E-state index in [0.717, 1.165) is 35.4 Å². The van der Waals surface area contributed by atoms with Gasteiger partial charge >= 0.3 is 11.9 Å². The molecule has 1 aromatic heterocycles. The van der Waals surface area contributed by atoms with Crippen LogP contribution in [-0.4, -0.2) is 16.9 Å². The largest absolute Gasteiger partial charge is 0.423 e. The normalized spacial score (nSPS) is 10.6. The number of benzene rings is 4. The maximum atomic E-state index is 13.5. The lowest BCUT2D eigenvalue weighted by molar-refractivity contribution is 0.0725. The highest BCUT2D eigenvalue weighted by Crippen LogP contribution is 2.26. The zero-order valence-electron chi connectivity index (χ0n) is 22.8. The van der Waals surface area contributed by atoms with Crippen LogP contribution in [0.5, 0.6) is 11.5 Å². The molecule has 11 heteroatoms. The predicted octanol–water partition coefficient (Wildman–Crippen LogP) is 8.33. The van der Waals surface area contributed by atoms with Crippen molar-refractivity contribution in [2.75, 3.05) is 10.6 Å². The quantitative estimate of drug-likeness (QED) is 0.118. The van der Waals surface area contributed by atoms with E-state index in [9.17, 15) is 18.4 Å². The van der Waals surface area contributed by atoms with Crippen molar-refractivity contribution in [2.45, 2.75) is 13.1 Å². The van der Waals surface area contributed by atoms with Gasteiger partial charge in [0.1, 0.15) is 34.8 Å². The third kappa shape index (κ3) is 8.31. The molecule has 5 aromatic rings. The number of carbonyl (C=O) groups is 2. The van der Waals surface area contributed by atoms with Gasteiger partial charge < -0.3 is 20.1 Å². The van der Waals surface area contributed by atoms with Gasteiger partial charge in [0.2, 0.25) is 0 Å². The Morgan fingerprint density at radius 2 is 1.23 bits per heavy atom. The molecule has 0 aliphatic heterocycles. The van der Waals surface area contributed by atoms with Crippen molar-refractivity contribution in [3.05, 3.63) is 147 Å². The molecule has 0 spiro atoms. The minimum absolute atomic E-state index is 0.00787. The van der Waals surface area contributed by atoms with Gasteiger partial charge in [-0.2, -0.15) is 0 Å². The maximum absolute atomic E-state index is 13.5.